The van der Waals surface area contributed by atoms with Crippen LogP contribution in [0.2, 0.25) is 0 Å². The number of nitrogens with zero attached hydrogens (tertiary/aromatic N) is 1. The predicted octanol–water partition coefficient (Wildman–Crippen LogP) is 2.94. The monoisotopic (exact) mass is 255 g/mol. The van der Waals surface area contributed by atoms with E-state index in [1.54, 1.807) is 0 Å². The molecule has 3 heteroatoms. The summed E-state index contributed by atoms with van der Waals surface area (Å²) in [6, 6.07) is 0. The van der Waals surface area contributed by atoms with Crippen LogP contribution in [0.4, 0.5) is 0 Å². The van der Waals surface area contributed by atoms with Gasteiger partial charge in [0.15, 0.2) is 0 Å². The molecule has 18 heavy (non-hydrogen) atoms. The number of ether oxygens (including phenoxy) is 1. The fourth-order valence-corrected chi connectivity index (χ4v) is 2.52. The molecule has 1 aliphatic heterocycles. The number of hydrogen-bond donors (Lipinski definition) is 0. The van der Waals surface area contributed by atoms with Gasteiger partial charge in [0.25, 0.3) is 0 Å². The van der Waals surface area contributed by atoms with E-state index in [1.807, 2.05) is 4.90 Å². The largest absolute Gasteiger partial charge is 0.371 e. The Hall–Kier alpha value is -0.570. The van der Waals surface area contributed by atoms with Crippen LogP contribution in [0.1, 0.15) is 47.0 Å². The minimum atomic E-state index is 0.165. The van der Waals surface area contributed by atoms with Crippen molar-refractivity contribution in [3.8, 4) is 0 Å². The standard InChI is InChI=1S/C15H29NO2/c1-5-13(4)14-6-8-16(9-7-14)15(17)11-18-10-12(2)3/h12-14H,5-11H2,1-4H3. The molecule has 1 heterocycles. The van der Waals surface area contributed by atoms with E-state index in [1.165, 1.54) is 6.42 Å². The van der Waals surface area contributed by atoms with Gasteiger partial charge in [-0.05, 0) is 30.6 Å². The van der Waals surface area contributed by atoms with E-state index in [-0.39, 0.29) is 12.5 Å². The molecule has 0 spiro atoms. The second-order valence-corrected chi connectivity index (χ2v) is 6.01. The molecule has 106 valence electrons. The van der Waals surface area contributed by atoms with Crippen molar-refractivity contribution in [2.45, 2.75) is 47.0 Å². The summed E-state index contributed by atoms with van der Waals surface area (Å²) in [4.78, 5) is 13.9. The van der Waals surface area contributed by atoms with Gasteiger partial charge in [0.1, 0.15) is 6.61 Å². The first-order valence-electron chi connectivity index (χ1n) is 7.40. The quantitative estimate of drug-likeness (QED) is 0.730. The van der Waals surface area contributed by atoms with Gasteiger partial charge in [-0.15, -0.1) is 0 Å². The number of hydrogen-bond acceptors (Lipinski definition) is 2. The van der Waals surface area contributed by atoms with E-state index >= 15 is 0 Å². The molecule has 0 aromatic rings. The minimum Gasteiger partial charge on any atom is -0.371 e. The van der Waals surface area contributed by atoms with Crippen molar-refractivity contribution in [1.82, 2.24) is 4.90 Å². The van der Waals surface area contributed by atoms with Gasteiger partial charge in [0.05, 0.1) is 0 Å². The lowest BCUT2D eigenvalue weighted by atomic mass is 9.84. The number of likely N-dealkylation sites (tertiary alicyclic amines) is 1. The van der Waals surface area contributed by atoms with Crippen molar-refractivity contribution < 1.29 is 9.53 Å². The summed E-state index contributed by atoms with van der Waals surface area (Å²) in [5.41, 5.74) is 0. The van der Waals surface area contributed by atoms with Crippen LogP contribution in [-0.2, 0) is 9.53 Å². The Morgan fingerprint density at radius 1 is 1.28 bits per heavy atom. The first-order chi connectivity index (χ1) is 8.54. The summed E-state index contributed by atoms with van der Waals surface area (Å²) in [5.74, 6) is 2.25. The predicted molar refractivity (Wildman–Crippen MR) is 74.4 cm³/mol. The number of amides is 1. The summed E-state index contributed by atoms with van der Waals surface area (Å²) < 4.78 is 5.41. The fraction of sp³-hybridized carbons (Fsp3) is 0.933. The van der Waals surface area contributed by atoms with Crippen LogP contribution in [-0.4, -0.2) is 37.1 Å². The molecule has 0 bridgehead atoms. The van der Waals surface area contributed by atoms with E-state index in [0.29, 0.717) is 12.5 Å². The smallest absolute Gasteiger partial charge is 0.248 e. The van der Waals surface area contributed by atoms with Crippen LogP contribution >= 0.6 is 0 Å². The van der Waals surface area contributed by atoms with Crippen LogP contribution in [0.15, 0.2) is 0 Å². The van der Waals surface area contributed by atoms with Crippen LogP contribution < -0.4 is 0 Å². The highest BCUT2D eigenvalue weighted by Gasteiger charge is 2.25. The molecule has 0 saturated carbocycles. The van der Waals surface area contributed by atoms with Crippen LogP contribution in [0, 0.1) is 17.8 Å². The third kappa shape index (κ3) is 4.97. The van der Waals surface area contributed by atoms with Crippen LogP contribution in [0.5, 0.6) is 0 Å². The van der Waals surface area contributed by atoms with Gasteiger partial charge < -0.3 is 9.64 Å². The number of carbonyl (C=O) groups excluding carboxylic acids is 1. The lowest BCUT2D eigenvalue weighted by Crippen LogP contribution is -2.41. The van der Waals surface area contributed by atoms with Gasteiger partial charge in [-0.25, -0.2) is 0 Å². The summed E-state index contributed by atoms with van der Waals surface area (Å²) in [6.45, 7) is 11.5. The summed E-state index contributed by atoms with van der Waals surface area (Å²) in [5, 5.41) is 0. The molecular weight excluding hydrogens is 226 g/mol. The average molecular weight is 255 g/mol. The van der Waals surface area contributed by atoms with Gasteiger partial charge in [-0.3, -0.25) is 4.79 Å². The molecule has 0 aliphatic carbocycles. The number of carbonyl (C=O) groups is 1. The second kappa shape index (κ2) is 7.78. The molecule has 1 aliphatic rings. The molecule has 3 nitrogen and oxygen atoms in total. The van der Waals surface area contributed by atoms with Crippen LogP contribution in [0.25, 0.3) is 0 Å². The Kier molecular flexibility index (Phi) is 6.69. The van der Waals surface area contributed by atoms with Gasteiger partial charge in [-0.1, -0.05) is 34.1 Å². The molecule has 0 aromatic heterocycles. The number of piperidine rings is 1. The van der Waals surface area contributed by atoms with Gasteiger partial charge in [-0.2, -0.15) is 0 Å². The lowest BCUT2D eigenvalue weighted by Gasteiger charge is -2.34. The van der Waals surface area contributed by atoms with Crippen molar-refractivity contribution in [2.24, 2.45) is 17.8 Å². The third-order valence-corrected chi connectivity index (χ3v) is 4.02. The Labute approximate surface area is 112 Å². The minimum absolute atomic E-state index is 0.165. The van der Waals surface area contributed by atoms with E-state index in [9.17, 15) is 4.79 Å². The van der Waals surface area contributed by atoms with E-state index in [4.69, 9.17) is 4.74 Å². The van der Waals surface area contributed by atoms with Crippen molar-refractivity contribution in [3.05, 3.63) is 0 Å². The normalized spacial score (nSPS) is 19.3. The molecule has 1 unspecified atom stereocenters. The lowest BCUT2D eigenvalue weighted by molar-refractivity contribution is -0.138. The molecule has 1 atom stereocenters. The van der Waals surface area contributed by atoms with E-state index < -0.39 is 0 Å². The maximum absolute atomic E-state index is 11.9. The number of rotatable bonds is 6. The Morgan fingerprint density at radius 3 is 2.39 bits per heavy atom. The first kappa shape index (κ1) is 15.5. The Balaban J connectivity index is 2.23. The van der Waals surface area contributed by atoms with Gasteiger partial charge in [0, 0.05) is 19.7 Å². The first-order valence-corrected chi connectivity index (χ1v) is 7.40. The molecule has 1 fully saturated rings. The third-order valence-electron chi connectivity index (χ3n) is 4.02. The molecular formula is C15H29NO2. The zero-order valence-corrected chi connectivity index (χ0v) is 12.4. The van der Waals surface area contributed by atoms with Crippen LogP contribution in [0.3, 0.4) is 0 Å². The van der Waals surface area contributed by atoms with Crippen molar-refractivity contribution >= 4 is 5.91 Å². The SMILES string of the molecule is CCC(C)C1CCN(C(=O)COCC(C)C)CC1. The molecule has 1 saturated heterocycles. The molecule has 1 amide bonds. The zero-order chi connectivity index (χ0) is 13.5. The second-order valence-electron chi connectivity index (χ2n) is 6.01. The van der Waals surface area contributed by atoms with Gasteiger partial charge >= 0.3 is 0 Å². The van der Waals surface area contributed by atoms with E-state index in [2.05, 4.69) is 27.7 Å². The summed E-state index contributed by atoms with van der Waals surface area (Å²) in [7, 11) is 0. The molecule has 0 aromatic carbocycles. The maximum Gasteiger partial charge on any atom is 0.248 e. The van der Waals surface area contributed by atoms with Crippen molar-refractivity contribution in [2.75, 3.05) is 26.3 Å². The summed E-state index contributed by atoms with van der Waals surface area (Å²) >= 11 is 0. The Morgan fingerprint density at radius 2 is 1.89 bits per heavy atom. The fourth-order valence-electron chi connectivity index (χ4n) is 2.52. The van der Waals surface area contributed by atoms with E-state index in [0.717, 1.165) is 37.8 Å². The average Bonchev–Trinajstić information content (AvgIpc) is 2.37. The van der Waals surface area contributed by atoms with Crippen molar-refractivity contribution in [1.29, 1.82) is 0 Å². The Bertz CT molecular complexity index is 245. The van der Waals surface area contributed by atoms with Gasteiger partial charge in [0.2, 0.25) is 5.91 Å². The maximum atomic E-state index is 11.9. The van der Waals surface area contributed by atoms with Crippen molar-refractivity contribution in [3.63, 3.8) is 0 Å². The summed E-state index contributed by atoms with van der Waals surface area (Å²) in [6.07, 6.45) is 3.56. The highest BCUT2D eigenvalue weighted by molar-refractivity contribution is 5.77. The molecule has 0 radical (unpaired) electrons. The highest BCUT2D eigenvalue weighted by atomic mass is 16.5. The zero-order valence-electron chi connectivity index (χ0n) is 12.4. The molecule has 0 N–H and O–H groups in total. The molecule has 1 rings (SSSR count). The topological polar surface area (TPSA) is 29.5 Å². The highest BCUT2D eigenvalue weighted by Crippen LogP contribution is 2.26.